The molecule has 0 aliphatic rings. The summed E-state index contributed by atoms with van der Waals surface area (Å²) in [7, 11) is 0. The largest absolute Gasteiger partial charge is 0.484 e. The van der Waals surface area contributed by atoms with Gasteiger partial charge in [-0.25, -0.2) is 4.39 Å². The van der Waals surface area contributed by atoms with E-state index < -0.39 is 17.8 Å². The SMILES string of the molecule is CCc1ccc(OCC(=O)N(Cc2ccccc2F)[C@H](Cc2ccccc2)C(=O)N[C@H](C)CC)cc1. The van der Waals surface area contributed by atoms with Crippen LogP contribution in [0.1, 0.15) is 43.9 Å². The molecule has 0 saturated carbocycles. The Morgan fingerprint density at radius 3 is 2.22 bits per heavy atom. The average Bonchev–Trinajstić information content (AvgIpc) is 2.91. The normalized spacial score (nSPS) is 12.4. The number of nitrogens with zero attached hydrogens (tertiary/aromatic N) is 1. The van der Waals surface area contributed by atoms with Crippen molar-refractivity contribution in [2.24, 2.45) is 0 Å². The van der Waals surface area contributed by atoms with E-state index in [1.165, 1.54) is 16.5 Å². The number of carbonyl (C=O) groups is 2. The lowest BCUT2D eigenvalue weighted by molar-refractivity contribution is -0.143. The molecule has 3 aromatic rings. The minimum absolute atomic E-state index is 0.0466. The van der Waals surface area contributed by atoms with Crippen LogP contribution >= 0.6 is 0 Å². The van der Waals surface area contributed by atoms with Gasteiger partial charge in [0.2, 0.25) is 5.91 Å². The van der Waals surface area contributed by atoms with Gasteiger partial charge in [0, 0.05) is 24.6 Å². The fourth-order valence-electron chi connectivity index (χ4n) is 3.85. The molecule has 0 unspecified atom stereocenters. The third-order valence-electron chi connectivity index (χ3n) is 6.26. The lowest BCUT2D eigenvalue weighted by Gasteiger charge is -2.32. The monoisotopic (exact) mass is 490 g/mol. The molecule has 3 aromatic carbocycles. The molecular weight excluding hydrogens is 455 g/mol. The molecule has 2 amide bonds. The molecule has 0 radical (unpaired) electrons. The number of aryl methyl sites for hydroxylation is 1. The van der Waals surface area contributed by atoms with Gasteiger partial charge in [-0.05, 0) is 49.1 Å². The van der Waals surface area contributed by atoms with Crippen molar-refractivity contribution < 1.29 is 18.7 Å². The number of carbonyl (C=O) groups excluding carboxylic acids is 2. The van der Waals surface area contributed by atoms with Crippen LogP contribution in [0.5, 0.6) is 5.75 Å². The fourth-order valence-corrected chi connectivity index (χ4v) is 3.85. The summed E-state index contributed by atoms with van der Waals surface area (Å²) < 4.78 is 20.4. The first kappa shape index (κ1) is 26.9. The van der Waals surface area contributed by atoms with Gasteiger partial charge in [-0.2, -0.15) is 0 Å². The number of rotatable bonds is 12. The van der Waals surface area contributed by atoms with Crippen LogP contribution in [0.15, 0.2) is 78.9 Å². The molecule has 0 aromatic heterocycles. The van der Waals surface area contributed by atoms with Crippen LogP contribution in [-0.2, 0) is 29.0 Å². The van der Waals surface area contributed by atoms with Gasteiger partial charge in [0.1, 0.15) is 17.6 Å². The summed E-state index contributed by atoms with van der Waals surface area (Å²) in [6, 6.07) is 22.5. The van der Waals surface area contributed by atoms with Gasteiger partial charge < -0.3 is 15.0 Å². The molecule has 0 aliphatic heterocycles. The number of ether oxygens (including phenoxy) is 1. The van der Waals surface area contributed by atoms with E-state index in [0.717, 1.165) is 18.4 Å². The van der Waals surface area contributed by atoms with Crippen LogP contribution in [0.2, 0.25) is 0 Å². The zero-order valence-electron chi connectivity index (χ0n) is 21.2. The van der Waals surface area contributed by atoms with Crippen molar-refractivity contribution in [1.82, 2.24) is 10.2 Å². The third-order valence-corrected chi connectivity index (χ3v) is 6.26. The number of nitrogens with one attached hydrogen (secondary N) is 1. The van der Waals surface area contributed by atoms with E-state index in [9.17, 15) is 14.0 Å². The molecule has 0 heterocycles. The zero-order valence-corrected chi connectivity index (χ0v) is 21.2. The molecule has 190 valence electrons. The van der Waals surface area contributed by atoms with Gasteiger partial charge in [-0.1, -0.05) is 74.5 Å². The lowest BCUT2D eigenvalue weighted by atomic mass is 10.0. The van der Waals surface area contributed by atoms with Crippen LogP contribution in [-0.4, -0.2) is 35.4 Å². The van der Waals surface area contributed by atoms with Crippen molar-refractivity contribution >= 4 is 11.8 Å². The Morgan fingerprint density at radius 2 is 1.58 bits per heavy atom. The van der Waals surface area contributed by atoms with Crippen LogP contribution in [0.25, 0.3) is 0 Å². The topological polar surface area (TPSA) is 58.6 Å². The Morgan fingerprint density at radius 1 is 0.917 bits per heavy atom. The molecule has 0 bridgehead atoms. The maximum Gasteiger partial charge on any atom is 0.261 e. The number of benzene rings is 3. The molecule has 0 saturated heterocycles. The predicted molar refractivity (Wildman–Crippen MR) is 140 cm³/mol. The van der Waals surface area contributed by atoms with E-state index in [1.54, 1.807) is 18.2 Å². The molecule has 1 N–H and O–H groups in total. The fraction of sp³-hybridized carbons (Fsp3) is 0.333. The molecule has 6 heteroatoms. The Labute approximate surface area is 213 Å². The van der Waals surface area contributed by atoms with E-state index in [1.807, 2.05) is 68.4 Å². The molecular formula is C30H35FN2O3. The number of hydrogen-bond acceptors (Lipinski definition) is 3. The minimum atomic E-state index is -0.834. The maximum absolute atomic E-state index is 14.6. The molecule has 3 rings (SSSR count). The third kappa shape index (κ3) is 7.67. The van der Waals surface area contributed by atoms with Gasteiger partial charge in [0.15, 0.2) is 6.61 Å². The molecule has 0 spiro atoms. The second-order valence-electron chi connectivity index (χ2n) is 8.92. The highest BCUT2D eigenvalue weighted by atomic mass is 19.1. The van der Waals surface area contributed by atoms with E-state index in [4.69, 9.17) is 4.74 Å². The molecule has 0 fully saturated rings. The molecule has 5 nitrogen and oxygen atoms in total. The zero-order chi connectivity index (χ0) is 25.9. The highest BCUT2D eigenvalue weighted by Crippen LogP contribution is 2.18. The standard InChI is InChI=1S/C30H35FN2O3/c1-4-22(3)32-30(35)28(19-24-11-7-6-8-12-24)33(20-25-13-9-10-14-27(25)31)29(34)21-36-26-17-15-23(5-2)16-18-26/h6-18,22,28H,4-5,19-21H2,1-3H3,(H,32,35)/t22-,28-/m1/s1. The van der Waals surface area contributed by atoms with Gasteiger partial charge in [0.25, 0.3) is 5.91 Å². The van der Waals surface area contributed by atoms with E-state index in [0.29, 0.717) is 17.7 Å². The van der Waals surface area contributed by atoms with Gasteiger partial charge in [-0.15, -0.1) is 0 Å². The molecule has 0 aliphatic carbocycles. The van der Waals surface area contributed by atoms with Gasteiger partial charge >= 0.3 is 0 Å². The Hall–Kier alpha value is -3.67. The quantitative estimate of drug-likeness (QED) is 0.374. The van der Waals surface area contributed by atoms with Crippen molar-refractivity contribution in [3.63, 3.8) is 0 Å². The highest BCUT2D eigenvalue weighted by Gasteiger charge is 2.31. The summed E-state index contributed by atoms with van der Waals surface area (Å²) in [6.07, 6.45) is 1.96. The summed E-state index contributed by atoms with van der Waals surface area (Å²) >= 11 is 0. The summed E-state index contributed by atoms with van der Waals surface area (Å²) in [5, 5.41) is 3.00. The Balaban J connectivity index is 1.90. The Bertz CT molecular complexity index is 1120. The van der Waals surface area contributed by atoms with Crippen molar-refractivity contribution in [2.75, 3.05) is 6.61 Å². The van der Waals surface area contributed by atoms with Gasteiger partial charge in [0.05, 0.1) is 0 Å². The van der Waals surface area contributed by atoms with Crippen LogP contribution < -0.4 is 10.1 Å². The summed E-state index contributed by atoms with van der Waals surface area (Å²) in [5.74, 6) is -0.523. The predicted octanol–water partition coefficient (Wildman–Crippen LogP) is 5.32. The van der Waals surface area contributed by atoms with Crippen molar-refractivity contribution in [3.05, 3.63) is 101 Å². The summed E-state index contributed by atoms with van der Waals surface area (Å²) in [5.41, 5.74) is 2.41. The smallest absolute Gasteiger partial charge is 0.261 e. The van der Waals surface area contributed by atoms with Crippen LogP contribution in [0.3, 0.4) is 0 Å². The van der Waals surface area contributed by atoms with Crippen molar-refractivity contribution in [2.45, 2.75) is 58.7 Å². The Kier molecular flexibility index (Phi) is 10.0. The van der Waals surface area contributed by atoms with Gasteiger partial charge in [-0.3, -0.25) is 9.59 Å². The average molecular weight is 491 g/mol. The first-order valence-corrected chi connectivity index (χ1v) is 12.5. The van der Waals surface area contributed by atoms with Crippen LogP contribution in [0, 0.1) is 5.82 Å². The maximum atomic E-state index is 14.6. The number of amides is 2. The number of halogens is 1. The lowest BCUT2D eigenvalue weighted by Crippen LogP contribution is -2.53. The molecule has 2 atom stereocenters. The minimum Gasteiger partial charge on any atom is -0.484 e. The van der Waals surface area contributed by atoms with Crippen molar-refractivity contribution in [3.8, 4) is 5.75 Å². The highest BCUT2D eigenvalue weighted by molar-refractivity contribution is 5.88. The second kappa shape index (κ2) is 13.4. The second-order valence-corrected chi connectivity index (χ2v) is 8.92. The molecule has 36 heavy (non-hydrogen) atoms. The van der Waals surface area contributed by atoms with E-state index >= 15 is 0 Å². The van der Waals surface area contributed by atoms with E-state index in [-0.39, 0.29) is 25.1 Å². The first-order chi connectivity index (χ1) is 17.4. The van der Waals surface area contributed by atoms with Crippen LogP contribution in [0.4, 0.5) is 4.39 Å². The first-order valence-electron chi connectivity index (χ1n) is 12.5. The van der Waals surface area contributed by atoms with Crippen molar-refractivity contribution in [1.29, 1.82) is 0 Å². The summed E-state index contributed by atoms with van der Waals surface area (Å²) in [6.45, 7) is 5.66. The van der Waals surface area contributed by atoms with E-state index in [2.05, 4.69) is 12.2 Å². The number of hydrogen-bond donors (Lipinski definition) is 1. The summed E-state index contributed by atoms with van der Waals surface area (Å²) in [4.78, 5) is 28.4.